The van der Waals surface area contributed by atoms with Crippen LogP contribution in [0.25, 0.3) is 22.4 Å². The van der Waals surface area contributed by atoms with Gasteiger partial charge in [0.15, 0.2) is 0 Å². The Morgan fingerprint density at radius 1 is 1.35 bits per heavy atom. The minimum atomic E-state index is -0.341. The van der Waals surface area contributed by atoms with Crippen LogP contribution in [0.4, 0.5) is 0 Å². The minimum absolute atomic E-state index is 0.258. The summed E-state index contributed by atoms with van der Waals surface area (Å²) in [5.41, 5.74) is 1.86. The number of benzene rings is 1. The van der Waals surface area contributed by atoms with Crippen molar-refractivity contribution < 1.29 is 13.9 Å². The number of aromatic nitrogens is 3. The molecular weight excluding hydrogens is 314 g/mol. The fourth-order valence-corrected chi connectivity index (χ4v) is 3.06. The van der Waals surface area contributed by atoms with Crippen LogP contribution in [0.3, 0.4) is 0 Å². The van der Waals surface area contributed by atoms with Crippen molar-refractivity contribution in [1.82, 2.24) is 15.2 Å². The predicted molar refractivity (Wildman–Crippen MR) is 88.2 cm³/mol. The quantitative estimate of drug-likeness (QED) is 0.548. The SMILES string of the molecule is CCOC(=O)C(CC)Sc1nnc(-c2c[nH]c3ccccc23)o1. The summed E-state index contributed by atoms with van der Waals surface area (Å²) < 4.78 is 10.8. The van der Waals surface area contributed by atoms with E-state index in [-0.39, 0.29) is 11.2 Å². The first-order valence-corrected chi connectivity index (χ1v) is 8.34. The van der Waals surface area contributed by atoms with Gasteiger partial charge in [-0.1, -0.05) is 36.9 Å². The van der Waals surface area contributed by atoms with E-state index in [4.69, 9.17) is 9.15 Å². The molecule has 3 aromatic rings. The molecule has 0 aliphatic rings. The third-order valence-corrected chi connectivity index (χ3v) is 4.57. The van der Waals surface area contributed by atoms with Gasteiger partial charge >= 0.3 is 5.97 Å². The van der Waals surface area contributed by atoms with Gasteiger partial charge in [-0.15, -0.1) is 10.2 Å². The fraction of sp³-hybridized carbons (Fsp3) is 0.312. The summed E-state index contributed by atoms with van der Waals surface area (Å²) in [5, 5.41) is 9.17. The summed E-state index contributed by atoms with van der Waals surface area (Å²) in [4.78, 5) is 15.0. The molecule has 0 saturated heterocycles. The number of para-hydroxylation sites is 1. The number of carbonyl (C=O) groups excluding carboxylic acids is 1. The minimum Gasteiger partial charge on any atom is -0.465 e. The van der Waals surface area contributed by atoms with E-state index < -0.39 is 0 Å². The monoisotopic (exact) mass is 331 g/mol. The zero-order valence-corrected chi connectivity index (χ0v) is 13.7. The molecule has 120 valence electrons. The lowest BCUT2D eigenvalue weighted by molar-refractivity contribution is -0.142. The predicted octanol–water partition coefficient (Wildman–Crippen LogP) is 3.65. The van der Waals surface area contributed by atoms with Crippen molar-refractivity contribution in [3.8, 4) is 11.5 Å². The molecule has 0 spiro atoms. The van der Waals surface area contributed by atoms with E-state index in [1.165, 1.54) is 11.8 Å². The van der Waals surface area contributed by atoms with Crippen LogP contribution in [-0.4, -0.2) is 33.0 Å². The average molecular weight is 331 g/mol. The first-order valence-electron chi connectivity index (χ1n) is 7.46. The second kappa shape index (κ2) is 6.87. The molecule has 7 heteroatoms. The van der Waals surface area contributed by atoms with Crippen molar-refractivity contribution in [3.05, 3.63) is 30.5 Å². The van der Waals surface area contributed by atoms with Crippen molar-refractivity contribution in [1.29, 1.82) is 0 Å². The third kappa shape index (κ3) is 3.24. The molecular formula is C16H17N3O3S. The molecule has 0 aliphatic carbocycles. The standard InChI is InChI=1S/C16H17N3O3S/c1-3-13(15(20)21-4-2)23-16-19-18-14(22-16)11-9-17-12-8-6-5-7-10(11)12/h5-9,13,17H,3-4H2,1-2H3. The maximum Gasteiger partial charge on any atom is 0.319 e. The lowest BCUT2D eigenvalue weighted by atomic mass is 10.2. The molecule has 0 fully saturated rings. The van der Waals surface area contributed by atoms with Gasteiger partial charge in [-0.25, -0.2) is 0 Å². The topological polar surface area (TPSA) is 81.0 Å². The highest BCUT2D eigenvalue weighted by atomic mass is 32.2. The van der Waals surface area contributed by atoms with Crippen molar-refractivity contribution in [2.24, 2.45) is 0 Å². The average Bonchev–Trinajstić information content (AvgIpc) is 3.19. The lowest BCUT2D eigenvalue weighted by Crippen LogP contribution is -2.19. The maximum atomic E-state index is 11.9. The molecule has 0 bridgehead atoms. The normalized spacial score (nSPS) is 12.4. The van der Waals surface area contributed by atoms with Crippen LogP contribution in [0.5, 0.6) is 0 Å². The zero-order valence-electron chi connectivity index (χ0n) is 12.9. The Hall–Kier alpha value is -2.28. The van der Waals surface area contributed by atoms with Crippen molar-refractivity contribution >= 4 is 28.6 Å². The maximum absolute atomic E-state index is 11.9. The molecule has 3 rings (SSSR count). The Kier molecular flexibility index (Phi) is 4.66. The fourth-order valence-electron chi connectivity index (χ4n) is 2.27. The lowest BCUT2D eigenvalue weighted by Gasteiger charge is -2.09. The second-order valence-electron chi connectivity index (χ2n) is 4.89. The molecule has 1 N–H and O–H groups in total. The highest BCUT2D eigenvalue weighted by molar-refractivity contribution is 8.00. The van der Waals surface area contributed by atoms with Gasteiger partial charge in [-0.05, 0) is 19.4 Å². The zero-order chi connectivity index (χ0) is 16.2. The Balaban J connectivity index is 1.81. The number of hydrogen-bond acceptors (Lipinski definition) is 6. The van der Waals surface area contributed by atoms with Crippen LogP contribution in [0.1, 0.15) is 20.3 Å². The summed E-state index contributed by atoms with van der Waals surface area (Å²) in [5.74, 6) is 0.176. The number of nitrogens with zero attached hydrogens (tertiary/aromatic N) is 2. The number of aromatic amines is 1. The van der Waals surface area contributed by atoms with Crippen molar-refractivity contribution in [2.75, 3.05) is 6.61 Å². The van der Waals surface area contributed by atoms with Crippen LogP contribution >= 0.6 is 11.8 Å². The van der Waals surface area contributed by atoms with Gasteiger partial charge in [-0.3, -0.25) is 4.79 Å². The molecule has 0 amide bonds. The molecule has 0 aliphatic heterocycles. The van der Waals surface area contributed by atoms with E-state index in [0.717, 1.165) is 16.5 Å². The van der Waals surface area contributed by atoms with Gasteiger partial charge < -0.3 is 14.1 Å². The number of esters is 1. The Bertz CT molecular complexity index is 812. The van der Waals surface area contributed by atoms with Gasteiger partial charge in [0.2, 0.25) is 0 Å². The van der Waals surface area contributed by atoms with Crippen LogP contribution < -0.4 is 0 Å². The molecule has 1 aromatic carbocycles. The Labute approximate surface area is 137 Å². The first kappa shape index (κ1) is 15.6. The summed E-state index contributed by atoms with van der Waals surface area (Å²) in [6, 6.07) is 7.90. The van der Waals surface area contributed by atoms with Gasteiger partial charge in [0.05, 0.1) is 12.2 Å². The molecule has 0 saturated carbocycles. The number of fused-ring (bicyclic) bond motifs is 1. The van der Waals surface area contributed by atoms with E-state index in [2.05, 4.69) is 15.2 Å². The number of thioether (sulfide) groups is 1. The smallest absolute Gasteiger partial charge is 0.319 e. The number of ether oxygens (including phenoxy) is 1. The van der Waals surface area contributed by atoms with Crippen LogP contribution in [0.2, 0.25) is 0 Å². The summed E-state index contributed by atoms with van der Waals surface area (Å²) in [7, 11) is 0. The van der Waals surface area contributed by atoms with E-state index in [1.54, 1.807) is 6.92 Å². The number of hydrogen-bond donors (Lipinski definition) is 1. The third-order valence-electron chi connectivity index (χ3n) is 3.39. The number of carbonyl (C=O) groups is 1. The van der Waals surface area contributed by atoms with Gasteiger partial charge in [0.25, 0.3) is 11.1 Å². The largest absolute Gasteiger partial charge is 0.465 e. The Morgan fingerprint density at radius 3 is 2.96 bits per heavy atom. The van der Waals surface area contributed by atoms with Gasteiger partial charge in [-0.2, -0.15) is 0 Å². The summed E-state index contributed by atoms with van der Waals surface area (Å²) >= 11 is 1.24. The van der Waals surface area contributed by atoms with E-state index in [9.17, 15) is 4.79 Å². The number of nitrogens with one attached hydrogen (secondary N) is 1. The molecule has 23 heavy (non-hydrogen) atoms. The van der Waals surface area contributed by atoms with Crippen LogP contribution in [0, 0.1) is 0 Å². The molecule has 0 radical (unpaired) electrons. The Morgan fingerprint density at radius 2 is 2.17 bits per heavy atom. The number of H-pyrrole nitrogens is 1. The van der Waals surface area contributed by atoms with E-state index >= 15 is 0 Å². The molecule has 2 heterocycles. The molecule has 1 unspecified atom stereocenters. The van der Waals surface area contributed by atoms with Gasteiger partial charge in [0.1, 0.15) is 5.25 Å². The molecule has 6 nitrogen and oxygen atoms in total. The number of rotatable bonds is 6. The van der Waals surface area contributed by atoms with Gasteiger partial charge in [0, 0.05) is 17.1 Å². The van der Waals surface area contributed by atoms with E-state index in [0.29, 0.717) is 24.1 Å². The summed E-state index contributed by atoms with van der Waals surface area (Å²) in [6.07, 6.45) is 2.48. The highest BCUT2D eigenvalue weighted by Gasteiger charge is 2.23. The highest BCUT2D eigenvalue weighted by Crippen LogP contribution is 2.31. The molecule has 2 aromatic heterocycles. The summed E-state index contributed by atoms with van der Waals surface area (Å²) in [6.45, 7) is 4.07. The van der Waals surface area contributed by atoms with E-state index in [1.807, 2.05) is 37.4 Å². The second-order valence-corrected chi connectivity index (χ2v) is 6.04. The van der Waals surface area contributed by atoms with Crippen molar-refractivity contribution in [3.63, 3.8) is 0 Å². The van der Waals surface area contributed by atoms with Crippen molar-refractivity contribution in [2.45, 2.75) is 30.7 Å². The first-order chi connectivity index (χ1) is 11.2. The van der Waals surface area contributed by atoms with Crippen LogP contribution in [-0.2, 0) is 9.53 Å². The molecule has 1 atom stereocenters. The van der Waals surface area contributed by atoms with Crippen LogP contribution in [0.15, 0.2) is 40.1 Å².